The summed E-state index contributed by atoms with van der Waals surface area (Å²) in [6.07, 6.45) is 11.3. The summed E-state index contributed by atoms with van der Waals surface area (Å²) in [4.78, 5) is 0. The van der Waals surface area contributed by atoms with Crippen molar-refractivity contribution in [3.05, 3.63) is 0 Å². The van der Waals surface area contributed by atoms with E-state index in [9.17, 15) is 0 Å². The summed E-state index contributed by atoms with van der Waals surface area (Å²) in [7, 11) is -1.97. The molecule has 2 aliphatic rings. The van der Waals surface area contributed by atoms with Gasteiger partial charge in [-0.25, -0.2) is 0 Å². The fourth-order valence-corrected chi connectivity index (χ4v) is 7.65. The summed E-state index contributed by atoms with van der Waals surface area (Å²) >= 11 is 5.15. The molecule has 5 heteroatoms. The lowest BCUT2D eigenvalue weighted by atomic mass is 9.98. The Bertz CT molecular complexity index is 263. The van der Waals surface area contributed by atoms with Crippen LogP contribution >= 0.6 is 45.2 Å². The Kier molecular flexibility index (Phi) is 6.91. The molecule has 0 aliphatic heterocycles. The van der Waals surface area contributed by atoms with E-state index in [0.717, 1.165) is 0 Å². The van der Waals surface area contributed by atoms with Gasteiger partial charge in [-0.05, 0) is 38.8 Å². The fraction of sp³-hybridized carbons (Fsp3) is 1.00. The molecule has 0 heterocycles. The molecule has 0 spiro atoms. The Morgan fingerprint density at radius 2 is 1.11 bits per heavy atom. The number of rotatable bonds is 4. The molecule has 2 fully saturated rings. The average Bonchev–Trinajstić information content (AvgIpc) is 2.35. The van der Waals surface area contributed by atoms with Crippen LogP contribution in [0.15, 0.2) is 0 Å². The average molecular weight is 508 g/mol. The lowest BCUT2D eigenvalue weighted by Crippen LogP contribution is -2.47. The summed E-state index contributed by atoms with van der Waals surface area (Å²) in [5.74, 6) is 0. The van der Waals surface area contributed by atoms with E-state index in [0.29, 0.717) is 20.1 Å². The predicted molar refractivity (Wildman–Crippen MR) is 99.8 cm³/mol. The van der Waals surface area contributed by atoms with Crippen molar-refractivity contribution in [1.29, 1.82) is 0 Å². The fourth-order valence-electron chi connectivity index (χ4n) is 3.13. The van der Waals surface area contributed by atoms with Crippen molar-refractivity contribution in [2.45, 2.75) is 84.5 Å². The van der Waals surface area contributed by atoms with E-state index >= 15 is 0 Å². The van der Waals surface area contributed by atoms with Gasteiger partial charge in [0.1, 0.15) is 0 Å². The highest BCUT2D eigenvalue weighted by atomic mass is 127. The second kappa shape index (κ2) is 7.74. The van der Waals surface area contributed by atoms with E-state index in [1.54, 1.807) is 0 Å². The molecule has 0 aromatic heterocycles. The van der Waals surface area contributed by atoms with Crippen LogP contribution in [0.1, 0.15) is 51.4 Å². The third kappa shape index (κ3) is 5.38. The lowest BCUT2D eigenvalue weighted by molar-refractivity contribution is 0.0627. The third-order valence-electron chi connectivity index (χ3n) is 4.11. The molecule has 0 saturated heterocycles. The van der Waals surface area contributed by atoms with Crippen LogP contribution in [0.4, 0.5) is 0 Å². The molecule has 19 heavy (non-hydrogen) atoms. The smallest absolute Gasteiger partial charge is 0.332 e. The monoisotopic (exact) mass is 508 g/mol. The van der Waals surface area contributed by atoms with Crippen LogP contribution in [-0.4, -0.2) is 28.6 Å². The molecule has 112 valence electrons. The Balaban J connectivity index is 1.86. The molecule has 2 saturated carbocycles. The molecule has 0 N–H and O–H groups in total. The molecule has 4 atom stereocenters. The van der Waals surface area contributed by atoms with Crippen molar-refractivity contribution in [3.63, 3.8) is 0 Å². The second-order valence-electron chi connectivity index (χ2n) is 6.31. The zero-order valence-corrected chi connectivity index (χ0v) is 17.4. The number of halogens is 2. The standard InChI is InChI=1S/C14H26I2O2Si/c1-19(2,17-13-9-5-3-7-11(13)15)18-14-10-6-4-8-12(14)16/h11-14H,3-10H2,1-2H3. The van der Waals surface area contributed by atoms with Crippen molar-refractivity contribution in [2.75, 3.05) is 0 Å². The SMILES string of the molecule is C[Si](C)(OC1CCCCC1I)OC1CCCCC1I. The van der Waals surface area contributed by atoms with Gasteiger partial charge in [-0.2, -0.15) is 0 Å². The molecular formula is C14H26I2O2Si. The van der Waals surface area contributed by atoms with E-state index in [2.05, 4.69) is 58.3 Å². The highest BCUT2D eigenvalue weighted by molar-refractivity contribution is 14.1. The summed E-state index contributed by atoms with van der Waals surface area (Å²) in [5.41, 5.74) is 0. The topological polar surface area (TPSA) is 18.5 Å². The summed E-state index contributed by atoms with van der Waals surface area (Å²) in [6.45, 7) is 4.48. The quantitative estimate of drug-likeness (QED) is 0.295. The first-order valence-corrected chi connectivity index (χ1v) is 12.9. The van der Waals surface area contributed by atoms with Crippen LogP contribution in [-0.2, 0) is 8.85 Å². The van der Waals surface area contributed by atoms with Gasteiger partial charge in [-0.15, -0.1) is 0 Å². The van der Waals surface area contributed by atoms with Crippen LogP contribution in [0.2, 0.25) is 13.1 Å². The van der Waals surface area contributed by atoms with Crippen molar-refractivity contribution in [3.8, 4) is 0 Å². The summed E-state index contributed by atoms with van der Waals surface area (Å²) in [6, 6.07) is 0. The van der Waals surface area contributed by atoms with Gasteiger partial charge in [0.2, 0.25) is 0 Å². The first-order valence-electron chi connectivity index (χ1n) is 7.62. The Morgan fingerprint density at radius 3 is 1.47 bits per heavy atom. The largest absolute Gasteiger partial charge is 0.390 e. The maximum atomic E-state index is 6.45. The number of alkyl halides is 2. The van der Waals surface area contributed by atoms with Gasteiger partial charge in [0.15, 0.2) is 0 Å². The van der Waals surface area contributed by atoms with Gasteiger partial charge >= 0.3 is 8.56 Å². The summed E-state index contributed by atoms with van der Waals surface area (Å²) in [5, 5.41) is 0. The Hall–Kier alpha value is 1.60. The Labute approximate surface area is 146 Å². The van der Waals surface area contributed by atoms with E-state index in [-0.39, 0.29) is 0 Å². The van der Waals surface area contributed by atoms with E-state index in [4.69, 9.17) is 8.85 Å². The maximum Gasteiger partial charge on any atom is 0.332 e. The van der Waals surface area contributed by atoms with Crippen LogP contribution < -0.4 is 0 Å². The van der Waals surface area contributed by atoms with Gasteiger partial charge < -0.3 is 8.85 Å². The predicted octanol–water partition coefficient (Wildman–Crippen LogP) is 5.21. The van der Waals surface area contributed by atoms with Gasteiger partial charge in [0, 0.05) is 7.85 Å². The van der Waals surface area contributed by atoms with Gasteiger partial charge in [-0.1, -0.05) is 70.9 Å². The summed E-state index contributed by atoms with van der Waals surface area (Å²) < 4.78 is 14.3. The minimum Gasteiger partial charge on any atom is -0.390 e. The molecule has 2 nitrogen and oxygen atoms in total. The lowest BCUT2D eigenvalue weighted by Gasteiger charge is -2.38. The van der Waals surface area contributed by atoms with Crippen molar-refractivity contribution < 1.29 is 8.85 Å². The first-order chi connectivity index (χ1) is 8.98. The molecule has 0 aromatic carbocycles. The minimum absolute atomic E-state index is 0.437. The van der Waals surface area contributed by atoms with Crippen LogP contribution in [0.3, 0.4) is 0 Å². The zero-order chi connectivity index (χ0) is 13.9. The number of hydrogen-bond acceptors (Lipinski definition) is 2. The van der Waals surface area contributed by atoms with Gasteiger partial charge in [0.05, 0.1) is 12.2 Å². The molecule has 0 bridgehead atoms. The molecule has 2 aliphatic carbocycles. The highest BCUT2D eigenvalue weighted by Gasteiger charge is 2.37. The third-order valence-corrected chi connectivity index (χ3v) is 8.70. The maximum absolute atomic E-state index is 6.45. The van der Waals surface area contributed by atoms with Crippen LogP contribution in [0.25, 0.3) is 0 Å². The number of hydrogen-bond donors (Lipinski definition) is 0. The molecule has 2 rings (SSSR count). The molecular weight excluding hydrogens is 482 g/mol. The zero-order valence-electron chi connectivity index (χ0n) is 12.0. The van der Waals surface area contributed by atoms with Crippen molar-refractivity contribution in [2.24, 2.45) is 0 Å². The molecule has 0 radical (unpaired) electrons. The van der Waals surface area contributed by atoms with Crippen molar-refractivity contribution >= 4 is 53.7 Å². The normalized spacial score (nSPS) is 37.3. The molecule has 4 unspecified atom stereocenters. The van der Waals surface area contributed by atoms with E-state index in [1.165, 1.54) is 51.4 Å². The first kappa shape index (κ1) is 17.0. The van der Waals surface area contributed by atoms with E-state index in [1.807, 2.05) is 0 Å². The van der Waals surface area contributed by atoms with Crippen molar-refractivity contribution in [1.82, 2.24) is 0 Å². The highest BCUT2D eigenvalue weighted by Crippen LogP contribution is 2.33. The minimum atomic E-state index is -1.97. The van der Waals surface area contributed by atoms with E-state index < -0.39 is 8.56 Å². The van der Waals surface area contributed by atoms with Gasteiger partial charge in [0.25, 0.3) is 0 Å². The second-order valence-corrected chi connectivity index (χ2v) is 12.8. The van der Waals surface area contributed by atoms with Gasteiger partial charge in [-0.3, -0.25) is 0 Å². The molecule has 0 amide bonds. The molecule has 0 aromatic rings. The Morgan fingerprint density at radius 1 is 0.737 bits per heavy atom. The van der Waals surface area contributed by atoms with Crippen LogP contribution in [0.5, 0.6) is 0 Å². The van der Waals surface area contributed by atoms with Crippen LogP contribution in [0, 0.1) is 0 Å².